The molecule has 1 fully saturated rings. The van der Waals surface area contributed by atoms with Crippen LogP contribution < -0.4 is 9.47 Å². The Balaban J connectivity index is 1.88. The molecule has 0 amide bonds. The molecule has 1 aliphatic carbocycles. The maximum Gasteiger partial charge on any atom is 0.338 e. The van der Waals surface area contributed by atoms with E-state index in [2.05, 4.69) is 18.0 Å². The minimum absolute atomic E-state index is 0.0950. The second kappa shape index (κ2) is 5.27. The third-order valence-electron chi connectivity index (χ3n) is 5.35. The van der Waals surface area contributed by atoms with Gasteiger partial charge in [-0.2, -0.15) is 0 Å². The Morgan fingerprint density at radius 3 is 2.70 bits per heavy atom. The second-order valence-electron chi connectivity index (χ2n) is 6.45. The molecule has 0 radical (unpaired) electrons. The number of esters is 1. The van der Waals surface area contributed by atoms with Crippen molar-refractivity contribution >= 4 is 5.97 Å². The van der Waals surface area contributed by atoms with Gasteiger partial charge in [0.1, 0.15) is 6.10 Å². The number of benzene rings is 1. The normalized spacial score (nSPS) is 29.1. The Morgan fingerprint density at radius 1 is 1.22 bits per heavy atom. The first-order chi connectivity index (χ1) is 11.1. The van der Waals surface area contributed by atoms with Crippen LogP contribution in [0.15, 0.2) is 23.8 Å². The molecule has 0 N–H and O–H groups in total. The number of methoxy groups -OCH3 is 2. The Hall–Kier alpha value is -2.01. The molecular formula is C18H21NO4. The standard InChI is InChI=1S/C18H21NO4/c1-19-7-6-10-4-5-13-16(17(10)19)11-8-14(21-2)15(22-3)9-12(11)18(20)23-13/h4,8-9,13,16-17H,5-7H2,1-3H3. The average Bonchev–Trinajstić information content (AvgIpc) is 2.95. The van der Waals surface area contributed by atoms with E-state index < -0.39 is 0 Å². The molecule has 5 heteroatoms. The topological polar surface area (TPSA) is 48.0 Å². The summed E-state index contributed by atoms with van der Waals surface area (Å²) in [5, 5.41) is 0. The van der Waals surface area contributed by atoms with Gasteiger partial charge in [0.2, 0.25) is 0 Å². The van der Waals surface area contributed by atoms with Crippen LogP contribution in [-0.4, -0.2) is 50.8 Å². The zero-order valence-corrected chi connectivity index (χ0v) is 13.7. The van der Waals surface area contributed by atoms with Crippen molar-refractivity contribution in [3.63, 3.8) is 0 Å². The lowest BCUT2D eigenvalue weighted by molar-refractivity contribution is 0.00907. The summed E-state index contributed by atoms with van der Waals surface area (Å²) in [7, 11) is 5.34. The maximum atomic E-state index is 12.4. The van der Waals surface area contributed by atoms with Crippen molar-refractivity contribution in [1.82, 2.24) is 4.90 Å². The van der Waals surface area contributed by atoms with E-state index in [-0.39, 0.29) is 18.0 Å². The summed E-state index contributed by atoms with van der Waals surface area (Å²) in [5.41, 5.74) is 3.09. The summed E-state index contributed by atoms with van der Waals surface area (Å²) in [6.07, 6.45) is 4.06. The molecule has 122 valence electrons. The zero-order valence-electron chi connectivity index (χ0n) is 13.7. The maximum absolute atomic E-state index is 12.4. The van der Waals surface area contributed by atoms with Gasteiger partial charge in [0.25, 0.3) is 0 Å². The number of carbonyl (C=O) groups excluding carboxylic acids is 1. The number of nitrogens with zero attached hydrogens (tertiary/aromatic N) is 1. The minimum atomic E-state index is -0.264. The Kier molecular flexibility index (Phi) is 3.34. The summed E-state index contributed by atoms with van der Waals surface area (Å²) in [6.45, 7) is 1.05. The number of ether oxygens (including phenoxy) is 3. The third kappa shape index (κ3) is 2.06. The quantitative estimate of drug-likeness (QED) is 0.619. The third-order valence-corrected chi connectivity index (χ3v) is 5.35. The van der Waals surface area contributed by atoms with Gasteiger partial charge < -0.3 is 14.2 Å². The molecule has 3 unspecified atom stereocenters. The number of hydrogen-bond donors (Lipinski definition) is 0. The number of fused-ring (bicyclic) bond motifs is 5. The van der Waals surface area contributed by atoms with Crippen molar-refractivity contribution in [1.29, 1.82) is 0 Å². The summed E-state index contributed by atoms with van der Waals surface area (Å²) >= 11 is 0. The van der Waals surface area contributed by atoms with Gasteiger partial charge in [0, 0.05) is 24.9 Å². The van der Waals surface area contributed by atoms with E-state index in [0.717, 1.165) is 24.9 Å². The fourth-order valence-electron chi connectivity index (χ4n) is 4.26. The molecule has 0 saturated carbocycles. The molecule has 1 aromatic carbocycles. The van der Waals surface area contributed by atoms with Crippen LogP contribution in [0.4, 0.5) is 0 Å². The summed E-state index contributed by atoms with van der Waals surface area (Å²) < 4.78 is 16.5. The highest BCUT2D eigenvalue weighted by molar-refractivity contribution is 5.94. The van der Waals surface area contributed by atoms with E-state index in [0.29, 0.717) is 23.1 Å². The molecule has 23 heavy (non-hydrogen) atoms. The van der Waals surface area contributed by atoms with E-state index in [4.69, 9.17) is 14.2 Å². The van der Waals surface area contributed by atoms with Crippen molar-refractivity contribution in [3.05, 3.63) is 34.9 Å². The van der Waals surface area contributed by atoms with Crippen LogP contribution >= 0.6 is 0 Å². The van der Waals surface area contributed by atoms with Crippen LogP contribution in [-0.2, 0) is 4.74 Å². The molecule has 1 aromatic rings. The molecule has 4 rings (SSSR count). The monoisotopic (exact) mass is 315 g/mol. The number of rotatable bonds is 2. The van der Waals surface area contributed by atoms with Crippen molar-refractivity contribution in [2.75, 3.05) is 27.8 Å². The highest BCUT2D eigenvalue weighted by atomic mass is 16.5. The summed E-state index contributed by atoms with van der Waals surface area (Å²) in [4.78, 5) is 14.8. The van der Waals surface area contributed by atoms with Gasteiger partial charge in [0.05, 0.1) is 19.8 Å². The lowest BCUT2D eigenvalue weighted by Gasteiger charge is -2.41. The van der Waals surface area contributed by atoms with Crippen LogP contribution in [0.25, 0.3) is 0 Å². The smallest absolute Gasteiger partial charge is 0.338 e. The van der Waals surface area contributed by atoms with E-state index in [1.54, 1.807) is 20.3 Å². The molecule has 2 aliphatic heterocycles. The average molecular weight is 315 g/mol. The molecular weight excluding hydrogens is 294 g/mol. The molecule has 1 saturated heterocycles. The van der Waals surface area contributed by atoms with Gasteiger partial charge in [-0.25, -0.2) is 4.79 Å². The van der Waals surface area contributed by atoms with Crippen molar-refractivity contribution in [2.24, 2.45) is 0 Å². The second-order valence-corrected chi connectivity index (χ2v) is 6.45. The molecule has 2 heterocycles. The largest absolute Gasteiger partial charge is 0.493 e. The molecule has 0 spiro atoms. The lowest BCUT2D eigenvalue weighted by Crippen LogP contribution is -2.45. The van der Waals surface area contributed by atoms with Crippen molar-refractivity contribution in [2.45, 2.75) is 30.9 Å². The van der Waals surface area contributed by atoms with Gasteiger partial charge in [-0.3, -0.25) is 4.90 Å². The Labute approximate surface area is 135 Å². The first kappa shape index (κ1) is 14.6. The number of carbonyl (C=O) groups is 1. The predicted molar refractivity (Wildman–Crippen MR) is 85.2 cm³/mol. The molecule has 3 atom stereocenters. The minimum Gasteiger partial charge on any atom is -0.493 e. The van der Waals surface area contributed by atoms with Gasteiger partial charge >= 0.3 is 5.97 Å². The van der Waals surface area contributed by atoms with Crippen LogP contribution in [0.2, 0.25) is 0 Å². The van der Waals surface area contributed by atoms with Crippen LogP contribution in [0.5, 0.6) is 11.5 Å². The van der Waals surface area contributed by atoms with Crippen LogP contribution in [0.3, 0.4) is 0 Å². The molecule has 5 nitrogen and oxygen atoms in total. The summed E-state index contributed by atoms with van der Waals surface area (Å²) in [5.74, 6) is 1.12. The zero-order chi connectivity index (χ0) is 16.1. The van der Waals surface area contributed by atoms with Gasteiger partial charge in [-0.1, -0.05) is 11.6 Å². The molecule has 3 aliphatic rings. The van der Waals surface area contributed by atoms with Gasteiger partial charge in [0.15, 0.2) is 11.5 Å². The summed E-state index contributed by atoms with van der Waals surface area (Å²) in [6, 6.07) is 4.01. The van der Waals surface area contributed by atoms with Gasteiger partial charge in [-0.05, 0) is 31.2 Å². The van der Waals surface area contributed by atoms with E-state index >= 15 is 0 Å². The van der Waals surface area contributed by atoms with Gasteiger partial charge in [-0.15, -0.1) is 0 Å². The number of hydrogen-bond acceptors (Lipinski definition) is 5. The van der Waals surface area contributed by atoms with Crippen molar-refractivity contribution < 1.29 is 19.0 Å². The SMILES string of the molecule is COc1cc2c(cc1OC)C1C(CC=C3CCN(C)C31)OC2=O. The Morgan fingerprint density at radius 2 is 1.96 bits per heavy atom. The highest BCUT2D eigenvalue weighted by Crippen LogP contribution is 2.47. The number of likely N-dealkylation sites (tertiary alicyclic amines) is 1. The highest BCUT2D eigenvalue weighted by Gasteiger charge is 2.47. The molecule has 0 aromatic heterocycles. The predicted octanol–water partition coefficient (Wildman–Crippen LogP) is 2.36. The van der Waals surface area contributed by atoms with E-state index in [1.165, 1.54) is 5.57 Å². The fourth-order valence-corrected chi connectivity index (χ4v) is 4.26. The van der Waals surface area contributed by atoms with E-state index in [1.807, 2.05) is 6.07 Å². The lowest BCUT2D eigenvalue weighted by atomic mass is 9.75. The molecule has 0 bridgehead atoms. The van der Waals surface area contributed by atoms with E-state index in [9.17, 15) is 4.79 Å². The fraction of sp³-hybridized carbons (Fsp3) is 0.500. The van der Waals surface area contributed by atoms with Crippen LogP contribution in [0.1, 0.15) is 34.7 Å². The Bertz CT molecular complexity index is 697. The van der Waals surface area contributed by atoms with Crippen LogP contribution in [0, 0.1) is 0 Å². The van der Waals surface area contributed by atoms with Crippen molar-refractivity contribution in [3.8, 4) is 11.5 Å². The first-order valence-corrected chi connectivity index (χ1v) is 8.00. The first-order valence-electron chi connectivity index (χ1n) is 8.00. The number of likely N-dealkylation sites (N-methyl/N-ethyl adjacent to an activating group) is 1.